The summed E-state index contributed by atoms with van der Waals surface area (Å²) in [6.45, 7) is 2.21. The van der Waals surface area contributed by atoms with Crippen LogP contribution in [0.2, 0.25) is 0 Å². The molecule has 3 aromatic rings. The summed E-state index contributed by atoms with van der Waals surface area (Å²) < 4.78 is 14.6. The van der Waals surface area contributed by atoms with E-state index in [9.17, 15) is 4.39 Å². The lowest BCUT2D eigenvalue weighted by Crippen LogP contribution is -1.91. The molecule has 3 rings (SSSR count). The fraction of sp³-hybridized carbons (Fsp3) is 0.208. The van der Waals surface area contributed by atoms with Crippen LogP contribution in [0.15, 0.2) is 66.7 Å². The molecule has 0 fully saturated rings. The van der Waals surface area contributed by atoms with Gasteiger partial charge in [-0.2, -0.15) is 5.26 Å². The van der Waals surface area contributed by atoms with Gasteiger partial charge in [-0.25, -0.2) is 4.39 Å². The summed E-state index contributed by atoms with van der Waals surface area (Å²) in [6, 6.07) is 22.8. The molecule has 3 aromatic carbocycles. The molecule has 1 nitrogen and oxygen atoms in total. The molecular formula is C24H22FN. The Bertz CT molecular complexity index is 902. The van der Waals surface area contributed by atoms with Crippen LogP contribution in [0.25, 0.3) is 22.3 Å². The molecule has 26 heavy (non-hydrogen) atoms. The normalized spacial score (nSPS) is 10.5. The number of benzene rings is 3. The fourth-order valence-electron chi connectivity index (χ4n) is 3.20. The van der Waals surface area contributed by atoms with Crippen molar-refractivity contribution in [3.05, 3.63) is 83.7 Å². The highest BCUT2D eigenvalue weighted by atomic mass is 19.1. The van der Waals surface area contributed by atoms with E-state index in [-0.39, 0.29) is 5.82 Å². The summed E-state index contributed by atoms with van der Waals surface area (Å²) in [5.74, 6) is -0.251. The Kier molecular flexibility index (Phi) is 5.81. The van der Waals surface area contributed by atoms with Crippen LogP contribution in [-0.4, -0.2) is 0 Å². The number of hydrogen-bond acceptors (Lipinski definition) is 1. The molecule has 2 heteroatoms. The highest BCUT2D eigenvalue weighted by molar-refractivity contribution is 5.84. The zero-order chi connectivity index (χ0) is 18.4. The third kappa shape index (κ3) is 4.00. The highest BCUT2D eigenvalue weighted by Crippen LogP contribution is 2.34. The molecule has 0 heterocycles. The maximum atomic E-state index is 14.6. The fourth-order valence-corrected chi connectivity index (χ4v) is 3.20. The predicted octanol–water partition coefficient (Wildman–Crippen LogP) is 6.76. The molecule has 0 aromatic heterocycles. The average molecular weight is 343 g/mol. The van der Waals surface area contributed by atoms with Gasteiger partial charge in [0.25, 0.3) is 0 Å². The van der Waals surface area contributed by atoms with Crippen molar-refractivity contribution in [1.82, 2.24) is 0 Å². The third-order valence-corrected chi connectivity index (χ3v) is 4.65. The van der Waals surface area contributed by atoms with Crippen molar-refractivity contribution >= 4 is 0 Å². The zero-order valence-electron chi connectivity index (χ0n) is 15.0. The zero-order valence-corrected chi connectivity index (χ0v) is 15.0. The van der Waals surface area contributed by atoms with Gasteiger partial charge in [-0.3, -0.25) is 0 Å². The van der Waals surface area contributed by atoms with E-state index in [2.05, 4.69) is 37.3 Å². The maximum absolute atomic E-state index is 14.6. The van der Waals surface area contributed by atoms with Gasteiger partial charge in [-0.1, -0.05) is 68.3 Å². The Morgan fingerprint density at radius 2 is 1.54 bits per heavy atom. The second kappa shape index (κ2) is 8.45. The molecule has 0 atom stereocenters. The lowest BCUT2D eigenvalue weighted by atomic mass is 9.93. The molecule has 0 aliphatic rings. The Balaban J connectivity index is 1.95. The van der Waals surface area contributed by atoms with Crippen molar-refractivity contribution in [2.24, 2.45) is 0 Å². The van der Waals surface area contributed by atoms with Gasteiger partial charge in [0.1, 0.15) is 5.82 Å². The van der Waals surface area contributed by atoms with Gasteiger partial charge in [0.15, 0.2) is 0 Å². The van der Waals surface area contributed by atoms with Gasteiger partial charge in [-0.05, 0) is 53.3 Å². The van der Waals surface area contributed by atoms with Crippen LogP contribution in [0.1, 0.15) is 37.3 Å². The third-order valence-electron chi connectivity index (χ3n) is 4.65. The highest BCUT2D eigenvalue weighted by Gasteiger charge is 2.12. The molecule has 0 saturated carbocycles. The predicted molar refractivity (Wildman–Crippen MR) is 105 cm³/mol. The molecular weight excluding hydrogens is 321 g/mol. The minimum atomic E-state index is -0.251. The quantitative estimate of drug-likeness (QED) is 0.453. The molecule has 0 unspecified atom stereocenters. The van der Waals surface area contributed by atoms with E-state index in [0.29, 0.717) is 11.1 Å². The number of nitriles is 1. The summed E-state index contributed by atoms with van der Waals surface area (Å²) >= 11 is 0. The van der Waals surface area contributed by atoms with E-state index in [1.165, 1.54) is 30.9 Å². The topological polar surface area (TPSA) is 23.8 Å². The number of nitrogens with zero attached hydrogens (tertiary/aromatic N) is 1. The van der Waals surface area contributed by atoms with E-state index in [1.807, 2.05) is 6.07 Å². The van der Waals surface area contributed by atoms with Gasteiger partial charge in [0.05, 0.1) is 11.6 Å². The molecule has 130 valence electrons. The van der Waals surface area contributed by atoms with Crippen LogP contribution in [0.3, 0.4) is 0 Å². The molecule has 0 bridgehead atoms. The lowest BCUT2D eigenvalue weighted by Gasteiger charge is -2.12. The van der Waals surface area contributed by atoms with Gasteiger partial charge in [0.2, 0.25) is 0 Å². The van der Waals surface area contributed by atoms with Gasteiger partial charge in [-0.15, -0.1) is 0 Å². The molecule has 0 amide bonds. The first kappa shape index (κ1) is 17.9. The smallest absolute Gasteiger partial charge is 0.131 e. The maximum Gasteiger partial charge on any atom is 0.131 e. The van der Waals surface area contributed by atoms with Crippen molar-refractivity contribution in [3.63, 3.8) is 0 Å². The summed E-state index contributed by atoms with van der Waals surface area (Å²) in [4.78, 5) is 0. The Hall–Kier alpha value is -2.92. The molecule has 0 N–H and O–H groups in total. The summed E-state index contributed by atoms with van der Waals surface area (Å²) in [7, 11) is 0. The Morgan fingerprint density at radius 3 is 2.19 bits per heavy atom. The molecule has 0 spiro atoms. The van der Waals surface area contributed by atoms with Crippen molar-refractivity contribution < 1.29 is 4.39 Å². The van der Waals surface area contributed by atoms with E-state index in [4.69, 9.17) is 5.26 Å². The summed E-state index contributed by atoms with van der Waals surface area (Å²) in [6.07, 6.45) is 4.75. The second-order valence-electron chi connectivity index (χ2n) is 6.51. The van der Waals surface area contributed by atoms with Crippen LogP contribution >= 0.6 is 0 Å². The molecule has 0 aliphatic heterocycles. The standard InChI is InChI=1S/C24H22FN/c1-2-3-4-6-18-9-13-20(14-10-18)22-7-5-8-23(25)24(22)21-15-11-19(17-26)12-16-21/h5,7-16H,2-4,6H2,1H3. The number of halogens is 1. The number of hydrogen-bond donors (Lipinski definition) is 0. The van der Waals surface area contributed by atoms with Crippen LogP contribution in [-0.2, 0) is 6.42 Å². The lowest BCUT2D eigenvalue weighted by molar-refractivity contribution is 0.632. The first-order valence-corrected chi connectivity index (χ1v) is 9.11. The minimum Gasteiger partial charge on any atom is -0.206 e. The minimum absolute atomic E-state index is 0.251. The Morgan fingerprint density at radius 1 is 0.846 bits per heavy atom. The number of unbranched alkanes of at least 4 members (excludes halogenated alkanes) is 2. The van der Waals surface area contributed by atoms with Crippen molar-refractivity contribution in [1.29, 1.82) is 5.26 Å². The molecule has 0 saturated heterocycles. The van der Waals surface area contributed by atoms with E-state index >= 15 is 0 Å². The van der Waals surface area contributed by atoms with Crippen molar-refractivity contribution in [2.45, 2.75) is 32.6 Å². The molecule has 0 aliphatic carbocycles. The first-order valence-electron chi connectivity index (χ1n) is 9.11. The SMILES string of the molecule is CCCCCc1ccc(-c2cccc(F)c2-c2ccc(C#N)cc2)cc1. The van der Waals surface area contributed by atoms with Gasteiger partial charge >= 0.3 is 0 Å². The number of aryl methyl sites for hydroxylation is 1. The summed E-state index contributed by atoms with van der Waals surface area (Å²) in [5.41, 5.74) is 5.12. The summed E-state index contributed by atoms with van der Waals surface area (Å²) in [5, 5.41) is 8.97. The van der Waals surface area contributed by atoms with Gasteiger partial charge in [0, 0.05) is 5.56 Å². The van der Waals surface area contributed by atoms with Crippen LogP contribution in [0.4, 0.5) is 4.39 Å². The monoisotopic (exact) mass is 343 g/mol. The van der Waals surface area contributed by atoms with Crippen LogP contribution in [0, 0.1) is 17.1 Å². The Labute approximate surface area is 154 Å². The van der Waals surface area contributed by atoms with Crippen LogP contribution in [0.5, 0.6) is 0 Å². The molecule has 0 radical (unpaired) electrons. The number of rotatable bonds is 6. The van der Waals surface area contributed by atoms with Gasteiger partial charge < -0.3 is 0 Å². The van der Waals surface area contributed by atoms with E-state index in [0.717, 1.165) is 23.1 Å². The van der Waals surface area contributed by atoms with Crippen molar-refractivity contribution in [2.75, 3.05) is 0 Å². The van der Waals surface area contributed by atoms with E-state index < -0.39 is 0 Å². The van der Waals surface area contributed by atoms with E-state index in [1.54, 1.807) is 30.3 Å². The first-order chi connectivity index (χ1) is 12.7. The van der Waals surface area contributed by atoms with Crippen LogP contribution < -0.4 is 0 Å². The van der Waals surface area contributed by atoms with Crippen molar-refractivity contribution in [3.8, 4) is 28.3 Å². The largest absolute Gasteiger partial charge is 0.206 e. The second-order valence-corrected chi connectivity index (χ2v) is 6.51. The average Bonchev–Trinajstić information content (AvgIpc) is 2.69.